The van der Waals surface area contributed by atoms with Crippen molar-refractivity contribution < 1.29 is 4.74 Å². The SMILES string of the molecule is CCNC(c1cccc(C)c1C)C1CN(CC)CCO1. The van der Waals surface area contributed by atoms with Crippen molar-refractivity contribution in [3.63, 3.8) is 0 Å². The fourth-order valence-corrected chi connectivity index (χ4v) is 2.99. The molecule has 112 valence electrons. The number of hydrogen-bond donors (Lipinski definition) is 1. The average molecular weight is 276 g/mol. The van der Waals surface area contributed by atoms with Crippen molar-refractivity contribution >= 4 is 0 Å². The Bertz CT molecular complexity index is 433. The van der Waals surface area contributed by atoms with Gasteiger partial charge in [-0.1, -0.05) is 32.0 Å². The summed E-state index contributed by atoms with van der Waals surface area (Å²) in [6.45, 7) is 13.8. The van der Waals surface area contributed by atoms with E-state index in [9.17, 15) is 0 Å². The minimum Gasteiger partial charge on any atom is -0.374 e. The predicted molar refractivity (Wildman–Crippen MR) is 84.2 cm³/mol. The number of hydrogen-bond acceptors (Lipinski definition) is 3. The maximum absolute atomic E-state index is 6.07. The van der Waals surface area contributed by atoms with Crippen molar-refractivity contribution in [2.24, 2.45) is 0 Å². The summed E-state index contributed by atoms with van der Waals surface area (Å²) in [5.74, 6) is 0. The van der Waals surface area contributed by atoms with E-state index < -0.39 is 0 Å². The van der Waals surface area contributed by atoms with Gasteiger partial charge in [0.2, 0.25) is 0 Å². The second-order valence-electron chi connectivity index (χ2n) is 5.63. The zero-order chi connectivity index (χ0) is 14.5. The van der Waals surface area contributed by atoms with Crippen LogP contribution in [0.25, 0.3) is 0 Å². The molecule has 2 atom stereocenters. The normalized spacial score (nSPS) is 21.9. The van der Waals surface area contributed by atoms with Gasteiger partial charge >= 0.3 is 0 Å². The molecule has 0 aliphatic carbocycles. The minimum atomic E-state index is 0.240. The molecular weight excluding hydrogens is 248 g/mol. The van der Waals surface area contributed by atoms with Gasteiger partial charge in [0.05, 0.1) is 18.8 Å². The van der Waals surface area contributed by atoms with Gasteiger partial charge in [-0.15, -0.1) is 0 Å². The summed E-state index contributed by atoms with van der Waals surface area (Å²) < 4.78 is 6.07. The number of nitrogens with zero attached hydrogens (tertiary/aromatic N) is 1. The van der Waals surface area contributed by atoms with Gasteiger partial charge in [-0.2, -0.15) is 0 Å². The first-order chi connectivity index (χ1) is 9.67. The Kier molecular flexibility index (Phi) is 5.58. The molecule has 1 heterocycles. The fraction of sp³-hybridized carbons (Fsp3) is 0.647. The predicted octanol–water partition coefficient (Wildman–Crippen LogP) is 2.67. The molecule has 1 aromatic rings. The van der Waals surface area contributed by atoms with E-state index >= 15 is 0 Å². The molecule has 0 spiro atoms. The zero-order valence-electron chi connectivity index (χ0n) is 13.3. The van der Waals surface area contributed by atoms with Crippen molar-refractivity contribution in [3.8, 4) is 0 Å². The van der Waals surface area contributed by atoms with Gasteiger partial charge in [0.25, 0.3) is 0 Å². The van der Waals surface area contributed by atoms with Crippen LogP contribution in [-0.4, -0.2) is 43.8 Å². The van der Waals surface area contributed by atoms with Crippen LogP contribution in [0, 0.1) is 13.8 Å². The van der Waals surface area contributed by atoms with E-state index in [2.05, 4.69) is 56.1 Å². The van der Waals surface area contributed by atoms with Crippen LogP contribution in [0.2, 0.25) is 0 Å². The maximum Gasteiger partial charge on any atom is 0.0897 e. The van der Waals surface area contributed by atoms with Gasteiger partial charge in [-0.25, -0.2) is 0 Å². The monoisotopic (exact) mass is 276 g/mol. The lowest BCUT2D eigenvalue weighted by molar-refractivity contribution is -0.0454. The van der Waals surface area contributed by atoms with E-state index in [1.165, 1.54) is 16.7 Å². The number of aryl methyl sites for hydroxylation is 1. The topological polar surface area (TPSA) is 24.5 Å². The number of nitrogens with one attached hydrogen (secondary N) is 1. The molecule has 1 N–H and O–H groups in total. The number of benzene rings is 1. The van der Waals surface area contributed by atoms with E-state index in [1.54, 1.807) is 0 Å². The average Bonchev–Trinajstić information content (AvgIpc) is 2.48. The Morgan fingerprint density at radius 1 is 1.35 bits per heavy atom. The quantitative estimate of drug-likeness (QED) is 0.895. The molecule has 0 saturated carbocycles. The van der Waals surface area contributed by atoms with Gasteiger partial charge < -0.3 is 10.1 Å². The van der Waals surface area contributed by atoms with Crippen molar-refractivity contribution in [1.82, 2.24) is 10.2 Å². The molecule has 20 heavy (non-hydrogen) atoms. The lowest BCUT2D eigenvalue weighted by Gasteiger charge is -2.37. The molecule has 2 unspecified atom stereocenters. The Morgan fingerprint density at radius 3 is 2.85 bits per heavy atom. The first kappa shape index (κ1) is 15.5. The summed E-state index contributed by atoms with van der Waals surface area (Å²) in [5.41, 5.74) is 4.12. The van der Waals surface area contributed by atoms with Gasteiger partial charge in [-0.05, 0) is 43.6 Å². The Morgan fingerprint density at radius 2 is 2.15 bits per heavy atom. The van der Waals surface area contributed by atoms with Crippen LogP contribution >= 0.6 is 0 Å². The van der Waals surface area contributed by atoms with Crippen LogP contribution in [-0.2, 0) is 4.74 Å². The first-order valence-electron chi connectivity index (χ1n) is 7.80. The second-order valence-corrected chi connectivity index (χ2v) is 5.63. The van der Waals surface area contributed by atoms with Crippen LogP contribution in [0.5, 0.6) is 0 Å². The number of rotatable bonds is 5. The minimum absolute atomic E-state index is 0.240. The van der Waals surface area contributed by atoms with Crippen molar-refractivity contribution in [3.05, 3.63) is 34.9 Å². The standard InChI is InChI=1S/C17H28N2O/c1-5-18-17(15-9-7-8-13(3)14(15)4)16-12-19(6-2)10-11-20-16/h7-9,16-18H,5-6,10-12H2,1-4H3. The molecule has 2 rings (SSSR count). The molecule has 1 aliphatic rings. The summed E-state index contributed by atoms with van der Waals surface area (Å²) in [6, 6.07) is 6.86. The van der Waals surface area contributed by atoms with Crippen LogP contribution in [0.15, 0.2) is 18.2 Å². The van der Waals surface area contributed by atoms with E-state index in [0.29, 0.717) is 0 Å². The van der Waals surface area contributed by atoms with E-state index in [-0.39, 0.29) is 12.1 Å². The molecule has 3 heteroatoms. The third-order valence-corrected chi connectivity index (χ3v) is 4.40. The lowest BCUT2D eigenvalue weighted by atomic mass is 9.93. The first-order valence-corrected chi connectivity index (χ1v) is 7.80. The largest absolute Gasteiger partial charge is 0.374 e. The van der Waals surface area contributed by atoms with E-state index in [0.717, 1.165) is 32.8 Å². The Labute approximate surface area is 123 Å². The fourth-order valence-electron chi connectivity index (χ4n) is 2.99. The molecule has 1 aliphatic heterocycles. The summed E-state index contributed by atoms with van der Waals surface area (Å²) in [7, 11) is 0. The van der Waals surface area contributed by atoms with Gasteiger partial charge in [0, 0.05) is 13.1 Å². The molecule has 1 saturated heterocycles. The molecule has 0 bridgehead atoms. The summed E-state index contributed by atoms with van der Waals surface area (Å²) >= 11 is 0. The molecule has 0 radical (unpaired) electrons. The summed E-state index contributed by atoms with van der Waals surface area (Å²) in [4.78, 5) is 2.48. The number of likely N-dealkylation sites (N-methyl/N-ethyl adjacent to an activating group) is 2. The van der Waals surface area contributed by atoms with E-state index in [1.807, 2.05) is 0 Å². The van der Waals surface area contributed by atoms with E-state index in [4.69, 9.17) is 4.74 Å². The smallest absolute Gasteiger partial charge is 0.0897 e. The van der Waals surface area contributed by atoms with Crippen LogP contribution in [0.3, 0.4) is 0 Å². The molecule has 0 aromatic heterocycles. The van der Waals surface area contributed by atoms with Crippen LogP contribution in [0.1, 0.15) is 36.6 Å². The van der Waals surface area contributed by atoms with Crippen LogP contribution < -0.4 is 5.32 Å². The van der Waals surface area contributed by atoms with Gasteiger partial charge in [0.1, 0.15) is 0 Å². The highest BCUT2D eigenvalue weighted by Crippen LogP contribution is 2.26. The third-order valence-electron chi connectivity index (χ3n) is 4.40. The van der Waals surface area contributed by atoms with Gasteiger partial charge in [0.15, 0.2) is 0 Å². The highest BCUT2D eigenvalue weighted by atomic mass is 16.5. The molecule has 1 aromatic carbocycles. The Balaban J connectivity index is 2.23. The second kappa shape index (κ2) is 7.21. The molecule has 3 nitrogen and oxygen atoms in total. The molecule has 1 fully saturated rings. The van der Waals surface area contributed by atoms with Gasteiger partial charge in [-0.3, -0.25) is 4.90 Å². The molecular formula is C17H28N2O. The number of morpholine rings is 1. The maximum atomic E-state index is 6.07. The highest BCUT2D eigenvalue weighted by molar-refractivity contribution is 5.36. The molecule has 0 amide bonds. The third kappa shape index (κ3) is 3.40. The highest BCUT2D eigenvalue weighted by Gasteiger charge is 2.29. The number of ether oxygens (including phenoxy) is 1. The lowest BCUT2D eigenvalue weighted by Crippen LogP contribution is -2.48. The summed E-state index contributed by atoms with van der Waals surface area (Å²) in [6.07, 6.45) is 0.240. The van der Waals surface area contributed by atoms with Crippen molar-refractivity contribution in [2.75, 3.05) is 32.8 Å². The van der Waals surface area contributed by atoms with Crippen LogP contribution in [0.4, 0.5) is 0 Å². The summed E-state index contributed by atoms with van der Waals surface area (Å²) in [5, 5.41) is 3.63. The zero-order valence-corrected chi connectivity index (χ0v) is 13.3. The van der Waals surface area contributed by atoms with Crippen molar-refractivity contribution in [1.29, 1.82) is 0 Å². The van der Waals surface area contributed by atoms with Crippen molar-refractivity contribution in [2.45, 2.75) is 39.8 Å². The Hall–Kier alpha value is -0.900.